The molecule has 0 aliphatic carbocycles. The zero-order valence-electron chi connectivity index (χ0n) is 19.3. The molecule has 6 rings (SSSR count). The molecule has 2 aromatic heterocycles. The van der Waals surface area contributed by atoms with Crippen LogP contribution in [-0.2, 0) is 17.9 Å². The first kappa shape index (κ1) is 23.9. The van der Waals surface area contributed by atoms with Gasteiger partial charge in [-0.25, -0.2) is 4.39 Å². The van der Waals surface area contributed by atoms with Gasteiger partial charge in [-0.3, -0.25) is 19.5 Å². The Bertz CT molecular complexity index is 1430. The van der Waals surface area contributed by atoms with Crippen molar-refractivity contribution in [2.24, 2.45) is 0 Å². The van der Waals surface area contributed by atoms with Gasteiger partial charge in [0.2, 0.25) is 5.91 Å². The third-order valence-corrected chi connectivity index (χ3v) is 8.64. The highest BCUT2D eigenvalue weighted by Gasteiger charge is 2.33. The van der Waals surface area contributed by atoms with Crippen molar-refractivity contribution in [2.45, 2.75) is 42.5 Å². The Morgan fingerprint density at radius 3 is 2.97 bits per heavy atom. The lowest BCUT2D eigenvalue weighted by Gasteiger charge is -2.37. The highest BCUT2D eigenvalue weighted by molar-refractivity contribution is 8.00. The summed E-state index contributed by atoms with van der Waals surface area (Å²) in [6.45, 7) is 2.68. The van der Waals surface area contributed by atoms with Gasteiger partial charge in [0.25, 0.3) is 5.56 Å². The minimum atomic E-state index is -0.630. The van der Waals surface area contributed by atoms with Crippen LogP contribution >= 0.6 is 23.4 Å². The number of nitrogens with zero attached hydrogens (tertiary/aromatic N) is 3. The number of hydrogen-bond acceptors (Lipinski definition) is 7. The molecule has 5 heterocycles. The molecule has 0 saturated carbocycles. The molecule has 0 spiro atoms. The summed E-state index contributed by atoms with van der Waals surface area (Å²) in [5.74, 6) is -0.0952. The van der Waals surface area contributed by atoms with Crippen molar-refractivity contribution in [3.63, 3.8) is 0 Å². The van der Waals surface area contributed by atoms with Gasteiger partial charge >= 0.3 is 0 Å². The van der Waals surface area contributed by atoms with Crippen LogP contribution in [0.3, 0.4) is 0 Å². The first-order valence-electron chi connectivity index (χ1n) is 11.9. The number of hydrogen-bond donors (Lipinski definition) is 3. The van der Waals surface area contributed by atoms with Gasteiger partial charge in [0.15, 0.2) is 0 Å². The second-order valence-corrected chi connectivity index (χ2v) is 11.0. The summed E-state index contributed by atoms with van der Waals surface area (Å²) >= 11 is 7.83. The monoisotopic (exact) mass is 529 g/mol. The summed E-state index contributed by atoms with van der Waals surface area (Å²) in [5, 5.41) is 17.5. The third kappa shape index (κ3) is 4.31. The molecular weight excluding hydrogens is 505 g/mol. The molecule has 3 atom stereocenters. The molecule has 8 nitrogen and oxygen atoms in total. The number of aromatic nitrogens is 2. The summed E-state index contributed by atoms with van der Waals surface area (Å²) in [6, 6.07) is 6.22. The Hall–Kier alpha value is -2.50. The van der Waals surface area contributed by atoms with Crippen molar-refractivity contribution in [3.8, 4) is 0 Å². The van der Waals surface area contributed by atoms with Crippen LogP contribution in [0.1, 0.15) is 23.5 Å². The van der Waals surface area contributed by atoms with E-state index >= 15 is 0 Å². The maximum atomic E-state index is 14.6. The first-order chi connectivity index (χ1) is 17.4. The summed E-state index contributed by atoms with van der Waals surface area (Å²) in [6.07, 6.45) is 1.70. The van der Waals surface area contributed by atoms with Crippen LogP contribution in [0.25, 0.3) is 11.0 Å². The molecule has 3 aliphatic heterocycles. The number of likely N-dealkylation sites (tertiary alicyclic amines) is 1. The molecule has 3 N–H and O–H groups in total. The van der Waals surface area contributed by atoms with E-state index in [1.54, 1.807) is 22.9 Å². The Balaban J connectivity index is 1.10. The van der Waals surface area contributed by atoms with Crippen LogP contribution in [-0.4, -0.2) is 63.0 Å². The number of halogens is 2. The number of carbonyl (C=O) groups is 1. The molecule has 1 aromatic carbocycles. The molecule has 1 fully saturated rings. The molecule has 11 heteroatoms. The van der Waals surface area contributed by atoms with E-state index in [4.69, 9.17) is 11.6 Å². The van der Waals surface area contributed by atoms with Gasteiger partial charge in [0, 0.05) is 66.4 Å². The number of β-amino-alcohol motifs (C(OH)–C–C–N with tert-alkyl or cyclic N) is 1. The van der Waals surface area contributed by atoms with E-state index in [0.29, 0.717) is 42.3 Å². The molecule has 36 heavy (non-hydrogen) atoms. The van der Waals surface area contributed by atoms with Crippen molar-refractivity contribution < 1.29 is 14.3 Å². The lowest BCUT2D eigenvalue weighted by atomic mass is 9.97. The highest BCUT2D eigenvalue weighted by Crippen LogP contribution is 2.37. The number of thioether (sulfide) groups is 1. The van der Waals surface area contributed by atoms with Gasteiger partial charge in [0.1, 0.15) is 5.82 Å². The van der Waals surface area contributed by atoms with E-state index in [1.807, 2.05) is 0 Å². The van der Waals surface area contributed by atoms with E-state index in [1.165, 1.54) is 23.9 Å². The fourth-order valence-electron chi connectivity index (χ4n) is 5.53. The maximum absolute atomic E-state index is 14.6. The molecule has 188 valence electrons. The minimum absolute atomic E-state index is 0.0347. The molecule has 1 saturated heterocycles. The second kappa shape index (κ2) is 9.42. The highest BCUT2D eigenvalue weighted by atomic mass is 35.5. The average molecular weight is 530 g/mol. The fourth-order valence-corrected chi connectivity index (χ4v) is 6.63. The van der Waals surface area contributed by atoms with Crippen LogP contribution in [0.5, 0.6) is 0 Å². The van der Waals surface area contributed by atoms with Crippen molar-refractivity contribution in [2.75, 3.05) is 30.7 Å². The molecule has 1 unspecified atom stereocenters. The molecule has 3 aliphatic rings. The van der Waals surface area contributed by atoms with Crippen LogP contribution in [0.2, 0.25) is 5.02 Å². The number of benzene rings is 1. The van der Waals surface area contributed by atoms with E-state index < -0.39 is 6.10 Å². The van der Waals surface area contributed by atoms with Crippen molar-refractivity contribution >= 4 is 46.0 Å². The Labute approximate surface area is 215 Å². The topological polar surface area (TPSA) is 99.5 Å². The summed E-state index contributed by atoms with van der Waals surface area (Å²) in [5.41, 5.74) is 3.53. The standard InChI is InChI=1S/C25H25ClFN5O3S/c26-15-8-29-18-1-2-23(35)32-10-14(24(15)25(18)32)9-31-4-3-17(20(33)11-31)28-7-13-5-19-21(6-16(13)27)36-12-22(34)30-19/h1-2,5-6,8,14,17,20,28,33H,3-4,7,9-12H2,(H,30,34)/t14?,17-,20+/m0/s1. The van der Waals surface area contributed by atoms with E-state index in [2.05, 4.69) is 20.5 Å². The van der Waals surface area contributed by atoms with Gasteiger partial charge in [0.05, 0.1) is 33.6 Å². The number of aliphatic hydroxyl groups excluding tert-OH is 1. The van der Waals surface area contributed by atoms with Crippen LogP contribution < -0.4 is 16.2 Å². The molecule has 3 aromatic rings. The Morgan fingerprint density at radius 2 is 2.14 bits per heavy atom. The molecule has 0 radical (unpaired) electrons. The number of fused-ring (bicyclic) bond motifs is 1. The van der Waals surface area contributed by atoms with E-state index in [9.17, 15) is 19.1 Å². The van der Waals surface area contributed by atoms with Gasteiger partial charge < -0.3 is 20.3 Å². The molecular formula is C25H25ClFN5O3S. The van der Waals surface area contributed by atoms with Crippen molar-refractivity contribution in [1.29, 1.82) is 0 Å². The molecule has 0 bridgehead atoms. The second-order valence-electron chi connectivity index (χ2n) is 9.61. The number of rotatable bonds is 5. The fraction of sp³-hybridized carbons (Fsp3) is 0.400. The predicted molar refractivity (Wildman–Crippen MR) is 137 cm³/mol. The number of pyridine rings is 2. The van der Waals surface area contributed by atoms with Crippen LogP contribution in [0.4, 0.5) is 10.1 Å². The average Bonchev–Trinajstić information content (AvgIpc) is 3.24. The number of anilines is 1. The zero-order valence-corrected chi connectivity index (χ0v) is 20.9. The number of aliphatic hydroxyl groups is 1. The van der Waals surface area contributed by atoms with E-state index in [-0.39, 0.29) is 41.5 Å². The smallest absolute Gasteiger partial charge is 0.251 e. The van der Waals surface area contributed by atoms with Crippen molar-refractivity contribution in [3.05, 3.63) is 62.8 Å². The van der Waals surface area contributed by atoms with Gasteiger partial charge in [-0.05, 0) is 31.2 Å². The normalized spacial score (nSPS) is 23.6. The van der Waals surface area contributed by atoms with E-state index in [0.717, 1.165) is 28.0 Å². The lowest BCUT2D eigenvalue weighted by Crippen LogP contribution is -2.53. The van der Waals surface area contributed by atoms with Crippen LogP contribution in [0, 0.1) is 5.82 Å². The largest absolute Gasteiger partial charge is 0.390 e. The number of piperidine rings is 1. The Morgan fingerprint density at radius 1 is 1.28 bits per heavy atom. The molecule has 1 amide bonds. The summed E-state index contributed by atoms with van der Waals surface area (Å²) in [7, 11) is 0. The summed E-state index contributed by atoms with van der Waals surface area (Å²) in [4.78, 5) is 31.4. The van der Waals surface area contributed by atoms with Gasteiger partial charge in [-0.15, -0.1) is 11.8 Å². The number of carbonyl (C=O) groups excluding carboxylic acids is 1. The van der Waals surface area contributed by atoms with Crippen LogP contribution in [0.15, 0.2) is 40.2 Å². The van der Waals surface area contributed by atoms with Gasteiger partial charge in [-0.2, -0.15) is 0 Å². The number of nitrogens with one attached hydrogen (secondary N) is 2. The Kier molecular flexibility index (Phi) is 6.25. The summed E-state index contributed by atoms with van der Waals surface area (Å²) < 4.78 is 16.3. The predicted octanol–water partition coefficient (Wildman–Crippen LogP) is 2.56. The van der Waals surface area contributed by atoms with Crippen molar-refractivity contribution in [1.82, 2.24) is 19.8 Å². The first-order valence-corrected chi connectivity index (χ1v) is 13.3. The SMILES string of the molecule is O=C1CSc2cc(F)c(CN[C@H]3CCN(CC4Cn5c(=O)ccc6ncc(Cl)c4c65)C[C@H]3O)cc2N1. The quantitative estimate of drug-likeness (QED) is 0.467. The minimum Gasteiger partial charge on any atom is -0.390 e. The zero-order chi connectivity index (χ0) is 25.0. The third-order valence-electron chi connectivity index (χ3n) is 7.28. The maximum Gasteiger partial charge on any atom is 0.251 e. The lowest BCUT2D eigenvalue weighted by molar-refractivity contribution is -0.113. The number of amides is 1. The van der Waals surface area contributed by atoms with Gasteiger partial charge in [-0.1, -0.05) is 11.6 Å².